The fraction of sp³-hybridized carbons (Fsp3) is 0.111. The van der Waals surface area contributed by atoms with E-state index in [9.17, 15) is 4.39 Å². The van der Waals surface area contributed by atoms with Crippen LogP contribution in [0, 0.1) is 5.82 Å². The maximum absolute atomic E-state index is 12.8. The fourth-order valence-corrected chi connectivity index (χ4v) is 0.979. The summed E-state index contributed by atoms with van der Waals surface area (Å²) in [6.45, 7) is -0.115. The second kappa shape index (κ2) is 3.91. The van der Waals surface area contributed by atoms with E-state index in [2.05, 4.69) is 0 Å². The minimum absolute atomic E-state index is 0.115. The number of rotatable bonds is 2. The van der Waals surface area contributed by atoms with Gasteiger partial charge in [-0.05, 0) is 12.1 Å². The molecular weight excluding hydrogens is 171 g/mol. The van der Waals surface area contributed by atoms with Crippen molar-refractivity contribution >= 4 is 17.5 Å². The molecule has 0 aliphatic rings. The number of benzene rings is 1. The zero-order valence-electron chi connectivity index (χ0n) is 7.00. The van der Waals surface area contributed by atoms with Crippen LogP contribution in [0.1, 0.15) is 5.56 Å². The van der Waals surface area contributed by atoms with E-state index in [0.29, 0.717) is 11.3 Å². The van der Waals surface area contributed by atoms with Crippen molar-refractivity contribution in [1.29, 1.82) is 0 Å². The lowest BCUT2D eigenvalue weighted by Gasteiger charge is -2.04. The third-order valence-electron chi connectivity index (χ3n) is 1.61. The molecule has 3 nitrogen and oxygen atoms in total. The molecule has 1 aromatic rings. The summed E-state index contributed by atoms with van der Waals surface area (Å²) < 4.78 is 12.8. The lowest BCUT2D eigenvalue weighted by Crippen LogP contribution is -1.98. The molecular formula is C9H11FN2O. The van der Waals surface area contributed by atoms with Gasteiger partial charge in [0.15, 0.2) is 0 Å². The molecule has 0 amide bonds. The smallest absolute Gasteiger partial charge is 0.126 e. The van der Waals surface area contributed by atoms with Gasteiger partial charge in [0.2, 0.25) is 0 Å². The van der Waals surface area contributed by atoms with Crippen molar-refractivity contribution in [3.63, 3.8) is 0 Å². The molecule has 0 bridgehead atoms. The highest BCUT2D eigenvalue weighted by molar-refractivity contribution is 5.75. The zero-order chi connectivity index (χ0) is 9.84. The van der Waals surface area contributed by atoms with Gasteiger partial charge in [-0.3, -0.25) is 0 Å². The minimum atomic E-state index is -0.440. The molecule has 0 fully saturated rings. The van der Waals surface area contributed by atoms with Crippen LogP contribution in [0.2, 0.25) is 0 Å². The molecule has 0 aliphatic carbocycles. The molecule has 0 saturated heterocycles. The number of aliphatic hydroxyl groups is 1. The molecule has 0 saturated carbocycles. The van der Waals surface area contributed by atoms with Gasteiger partial charge in [-0.2, -0.15) is 0 Å². The summed E-state index contributed by atoms with van der Waals surface area (Å²) in [4.78, 5) is 0. The van der Waals surface area contributed by atoms with Crippen LogP contribution in [0.5, 0.6) is 0 Å². The standard InChI is InChI=1S/C9H11FN2O/c10-7-4-6(2-1-3-13)9(12)8(11)5-7/h1-2,4-5,13H,3,11-12H2. The van der Waals surface area contributed by atoms with Crippen LogP contribution >= 0.6 is 0 Å². The van der Waals surface area contributed by atoms with E-state index in [4.69, 9.17) is 16.6 Å². The van der Waals surface area contributed by atoms with Crippen molar-refractivity contribution in [3.8, 4) is 0 Å². The van der Waals surface area contributed by atoms with Crippen molar-refractivity contribution in [3.05, 3.63) is 29.6 Å². The maximum Gasteiger partial charge on any atom is 0.126 e. The van der Waals surface area contributed by atoms with Gasteiger partial charge in [0.1, 0.15) is 5.82 Å². The number of hydrogen-bond donors (Lipinski definition) is 3. The van der Waals surface area contributed by atoms with E-state index in [1.165, 1.54) is 18.2 Å². The molecule has 70 valence electrons. The van der Waals surface area contributed by atoms with Crippen LogP contribution in [-0.2, 0) is 0 Å². The highest BCUT2D eigenvalue weighted by atomic mass is 19.1. The van der Waals surface area contributed by atoms with E-state index in [0.717, 1.165) is 6.07 Å². The van der Waals surface area contributed by atoms with Gasteiger partial charge in [-0.15, -0.1) is 0 Å². The summed E-state index contributed by atoms with van der Waals surface area (Å²) in [5, 5.41) is 8.50. The minimum Gasteiger partial charge on any atom is -0.397 e. The van der Waals surface area contributed by atoms with Crippen LogP contribution in [0.25, 0.3) is 6.08 Å². The Morgan fingerprint density at radius 2 is 2.08 bits per heavy atom. The number of aliphatic hydroxyl groups excluding tert-OH is 1. The Morgan fingerprint density at radius 3 is 2.69 bits per heavy atom. The normalized spacial score (nSPS) is 10.9. The SMILES string of the molecule is Nc1cc(F)cc(C=CCO)c1N. The van der Waals surface area contributed by atoms with E-state index in [-0.39, 0.29) is 12.3 Å². The predicted molar refractivity (Wildman–Crippen MR) is 51.3 cm³/mol. The Balaban J connectivity index is 3.12. The number of nitrogens with two attached hydrogens (primary N) is 2. The largest absolute Gasteiger partial charge is 0.397 e. The third kappa shape index (κ3) is 2.19. The van der Waals surface area contributed by atoms with Gasteiger partial charge in [-0.25, -0.2) is 4.39 Å². The topological polar surface area (TPSA) is 72.3 Å². The Labute approximate surface area is 75.5 Å². The zero-order valence-corrected chi connectivity index (χ0v) is 7.00. The van der Waals surface area contributed by atoms with E-state index >= 15 is 0 Å². The molecule has 0 aliphatic heterocycles. The molecule has 0 aromatic heterocycles. The summed E-state index contributed by atoms with van der Waals surface area (Å²) in [5.74, 6) is -0.440. The van der Waals surface area contributed by atoms with E-state index in [1.54, 1.807) is 0 Å². The van der Waals surface area contributed by atoms with Crippen LogP contribution in [-0.4, -0.2) is 11.7 Å². The second-order valence-electron chi connectivity index (χ2n) is 2.58. The van der Waals surface area contributed by atoms with Gasteiger partial charge in [0.25, 0.3) is 0 Å². The molecule has 1 aromatic carbocycles. The first-order valence-corrected chi connectivity index (χ1v) is 3.77. The van der Waals surface area contributed by atoms with Crippen molar-refractivity contribution in [2.24, 2.45) is 0 Å². The molecule has 5 N–H and O–H groups in total. The molecule has 0 radical (unpaired) electrons. The maximum atomic E-state index is 12.8. The molecule has 1 rings (SSSR count). The Morgan fingerprint density at radius 1 is 1.38 bits per heavy atom. The van der Waals surface area contributed by atoms with Crippen LogP contribution in [0.15, 0.2) is 18.2 Å². The Hall–Kier alpha value is -1.55. The fourth-order valence-electron chi connectivity index (χ4n) is 0.979. The number of hydrogen-bond acceptors (Lipinski definition) is 3. The Bertz CT molecular complexity index is 337. The highest BCUT2D eigenvalue weighted by Crippen LogP contribution is 2.22. The average Bonchev–Trinajstić information content (AvgIpc) is 2.09. The van der Waals surface area contributed by atoms with Crippen LogP contribution in [0.3, 0.4) is 0 Å². The van der Waals surface area contributed by atoms with Crippen molar-refractivity contribution in [2.75, 3.05) is 18.1 Å². The summed E-state index contributed by atoms with van der Waals surface area (Å²) in [6, 6.07) is 2.42. The lowest BCUT2D eigenvalue weighted by atomic mass is 10.1. The van der Waals surface area contributed by atoms with Crippen LogP contribution < -0.4 is 11.5 Å². The number of nitrogen functional groups attached to an aromatic ring is 2. The highest BCUT2D eigenvalue weighted by Gasteiger charge is 2.02. The van der Waals surface area contributed by atoms with Crippen molar-refractivity contribution in [1.82, 2.24) is 0 Å². The molecule has 13 heavy (non-hydrogen) atoms. The summed E-state index contributed by atoms with van der Waals surface area (Å²) >= 11 is 0. The molecule has 0 spiro atoms. The molecule has 0 unspecified atom stereocenters. The summed E-state index contributed by atoms with van der Waals surface area (Å²) in [7, 11) is 0. The first-order chi connectivity index (χ1) is 6.15. The predicted octanol–water partition coefficient (Wildman–Crippen LogP) is 0.996. The molecule has 0 atom stereocenters. The van der Waals surface area contributed by atoms with Gasteiger partial charge in [-0.1, -0.05) is 12.2 Å². The second-order valence-corrected chi connectivity index (χ2v) is 2.58. The molecule has 4 heteroatoms. The first-order valence-electron chi connectivity index (χ1n) is 3.77. The molecule has 0 heterocycles. The quantitative estimate of drug-likeness (QED) is 0.597. The van der Waals surface area contributed by atoms with Crippen molar-refractivity contribution in [2.45, 2.75) is 0 Å². The third-order valence-corrected chi connectivity index (χ3v) is 1.61. The Kier molecular flexibility index (Phi) is 2.87. The van der Waals surface area contributed by atoms with E-state index in [1.807, 2.05) is 0 Å². The summed E-state index contributed by atoms with van der Waals surface area (Å²) in [5.41, 5.74) is 12.0. The first kappa shape index (κ1) is 9.54. The van der Waals surface area contributed by atoms with Gasteiger partial charge in [0, 0.05) is 5.56 Å². The lowest BCUT2D eigenvalue weighted by molar-refractivity contribution is 0.343. The average molecular weight is 182 g/mol. The van der Waals surface area contributed by atoms with Gasteiger partial charge < -0.3 is 16.6 Å². The van der Waals surface area contributed by atoms with Gasteiger partial charge >= 0.3 is 0 Å². The number of halogens is 1. The monoisotopic (exact) mass is 182 g/mol. The number of anilines is 2. The summed E-state index contributed by atoms with van der Waals surface area (Å²) in [6.07, 6.45) is 2.99. The van der Waals surface area contributed by atoms with E-state index < -0.39 is 5.82 Å². The van der Waals surface area contributed by atoms with Gasteiger partial charge in [0.05, 0.1) is 18.0 Å². The van der Waals surface area contributed by atoms with Crippen molar-refractivity contribution < 1.29 is 9.50 Å². The van der Waals surface area contributed by atoms with Crippen LogP contribution in [0.4, 0.5) is 15.8 Å².